The lowest BCUT2D eigenvalue weighted by molar-refractivity contribution is 0.478. The first kappa shape index (κ1) is 12.7. The van der Waals surface area contributed by atoms with Crippen molar-refractivity contribution in [2.24, 2.45) is 0 Å². The predicted molar refractivity (Wildman–Crippen MR) is 73.8 cm³/mol. The average molecular weight is 244 g/mol. The molecular formula is C15H20N2O. The van der Waals surface area contributed by atoms with Gasteiger partial charge >= 0.3 is 0 Å². The first-order chi connectivity index (χ1) is 8.56. The molecule has 1 aromatic heterocycles. The first-order valence-electron chi connectivity index (χ1n) is 6.33. The van der Waals surface area contributed by atoms with Crippen molar-refractivity contribution in [2.75, 3.05) is 5.32 Å². The molecule has 1 N–H and O–H groups in total. The van der Waals surface area contributed by atoms with E-state index in [1.807, 2.05) is 13.8 Å². The van der Waals surface area contributed by atoms with E-state index >= 15 is 0 Å². The third kappa shape index (κ3) is 2.92. The van der Waals surface area contributed by atoms with Crippen LogP contribution in [0.3, 0.4) is 0 Å². The van der Waals surface area contributed by atoms with Gasteiger partial charge in [-0.25, -0.2) is 4.98 Å². The van der Waals surface area contributed by atoms with Gasteiger partial charge in [-0.2, -0.15) is 0 Å². The molecule has 0 aliphatic rings. The second kappa shape index (κ2) is 5.25. The monoisotopic (exact) mass is 244 g/mol. The molecule has 0 aliphatic heterocycles. The molecule has 3 heteroatoms. The van der Waals surface area contributed by atoms with Crippen molar-refractivity contribution in [3.63, 3.8) is 0 Å². The maximum absolute atomic E-state index is 5.54. The van der Waals surface area contributed by atoms with Gasteiger partial charge in [-0.15, -0.1) is 0 Å². The molecule has 0 saturated carbocycles. The number of hydrogen-bond donors (Lipinski definition) is 1. The Morgan fingerprint density at radius 2 is 2.06 bits per heavy atom. The molecule has 18 heavy (non-hydrogen) atoms. The molecule has 3 nitrogen and oxygen atoms in total. The predicted octanol–water partition coefficient (Wildman–Crippen LogP) is 4.03. The molecule has 1 heterocycles. The highest BCUT2D eigenvalue weighted by molar-refractivity contribution is 5.46. The zero-order valence-electron chi connectivity index (χ0n) is 11.4. The molecule has 0 aliphatic carbocycles. The van der Waals surface area contributed by atoms with E-state index in [1.54, 1.807) is 0 Å². The summed E-state index contributed by atoms with van der Waals surface area (Å²) >= 11 is 0. The van der Waals surface area contributed by atoms with Crippen molar-refractivity contribution in [3.8, 4) is 0 Å². The van der Waals surface area contributed by atoms with Crippen LogP contribution in [0.25, 0.3) is 0 Å². The molecule has 0 spiro atoms. The van der Waals surface area contributed by atoms with E-state index in [0.29, 0.717) is 12.5 Å². The lowest BCUT2D eigenvalue weighted by Gasteiger charge is -2.09. The summed E-state index contributed by atoms with van der Waals surface area (Å²) in [6.45, 7) is 8.91. The third-order valence-electron chi connectivity index (χ3n) is 3.07. The van der Waals surface area contributed by atoms with Crippen LogP contribution in [0.5, 0.6) is 0 Å². The lowest BCUT2D eigenvalue weighted by Crippen LogP contribution is -2.00. The summed E-state index contributed by atoms with van der Waals surface area (Å²) in [5, 5.41) is 3.34. The largest absolute Gasteiger partial charge is 0.444 e. The van der Waals surface area contributed by atoms with E-state index in [-0.39, 0.29) is 0 Å². The fourth-order valence-electron chi connectivity index (χ4n) is 1.80. The highest BCUT2D eigenvalue weighted by Gasteiger charge is 2.05. The van der Waals surface area contributed by atoms with Crippen molar-refractivity contribution in [1.29, 1.82) is 0 Å². The third-order valence-corrected chi connectivity index (χ3v) is 3.07. The Morgan fingerprint density at radius 1 is 1.28 bits per heavy atom. The van der Waals surface area contributed by atoms with Gasteiger partial charge in [-0.3, -0.25) is 0 Å². The van der Waals surface area contributed by atoms with Gasteiger partial charge < -0.3 is 9.73 Å². The van der Waals surface area contributed by atoms with E-state index < -0.39 is 0 Å². The van der Waals surface area contributed by atoms with Crippen molar-refractivity contribution in [3.05, 3.63) is 47.2 Å². The Hall–Kier alpha value is -1.77. The van der Waals surface area contributed by atoms with Gasteiger partial charge in [0, 0.05) is 5.69 Å². The molecule has 96 valence electrons. The summed E-state index contributed by atoms with van der Waals surface area (Å²) in [7, 11) is 0. The molecular weight excluding hydrogens is 224 g/mol. The summed E-state index contributed by atoms with van der Waals surface area (Å²) < 4.78 is 5.54. The molecule has 0 atom stereocenters. The van der Waals surface area contributed by atoms with E-state index in [4.69, 9.17) is 4.42 Å². The molecule has 0 radical (unpaired) electrons. The highest BCUT2D eigenvalue weighted by Crippen LogP contribution is 2.19. The minimum Gasteiger partial charge on any atom is -0.444 e. The molecule has 2 rings (SSSR count). The molecule has 0 fully saturated rings. The molecule has 0 saturated heterocycles. The number of aromatic nitrogens is 1. The van der Waals surface area contributed by atoms with Crippen LogP contribution in [-0.4, -0.2) is 4.98 Å². The van der Waals surface area contributed by atoms with Gasteiger partial charge in [0.05, 0.1) is 12.2 Å². The van der Waals surface area contributed by atoms with Crippen LogP contribution in [0.15, 0.2) is 28.7 Å². The first-order valence-corrected chi connectivity index (χ1v) is 6.33. The zero-order chi connectivity index (χ0) is 13.1. The quantitative estimate of drug-likeness (QED) is 0.882. The minimum atomic E-state index is 0.540. The second-order valence-corrected chi connectivity index (χ2v) is 4.88. The number of benzene rings is 1. The van der Waals surface area contributed by atoms with Crippen LogP contribution in [0.1, 0.15) is 42.7 Å². The van der Waals surface area contributed by atoms with Gasteiger partial charge in [0.2, 0.25) is 5.89 Å². The number of oxazole rings is 1. The van der Waals surface area contributed by atoms with Gasteiger partial charge in [-0.1, -0.05) is 26.0 Å². The summed E-state index contributed by atoms with van der Waals surface area (Å²) in [6, 6.07) is 8.46. The topological polar surface area (TPSA) is 38.1 Å². The number of hydrogen-bond acceptors (Lipinski definition) is 3. The Kier molecular flexibility index (Phi) is 3.70. The Balaban J connectivity index is 2.03. The standard InChI is InChI=1S/C15H20N2O/c1-10(2)13-6-5-7-14(8-13)16-9-15-17-11(3)12(4)18-15/h5-8,10,16H,9H2,1-4H3. The van der Waals surface area contributed by atoms with Crippen molar-refractivity contribution < 1.29 is 4.42 Å². The summed E-state index contributed by atoms with van der Waals surface area (Å²) in [5.74, 6) is 2.17. The van der Waals surface area contributed by atoms with E-state index in [9.17, 15) is 0 Å². The molecule has 0 amide bonds. The number of nitrogens with one attached hydrogen (secondary N) is 1. The van der Waals surface area contributed by atoms with Gasteiger partial charge in [0.1, 0.15) is 5.76 Å². The average Bonchev–Trinajstić information content (AvgIpc) is 2.67. The minimum absolute atomic E-state index is 0.540. The van der Waals surface area contributed by atoms with Gasteiger partial charge in [0.15, 0.2) is 0 Å². The SMILES string of the molecule is Cc1nc(CNc2cccc(C(C)C)c2)oc1C. The van der Waals surface area contributed by atoms with Gasteiger partial charge in [-0.05, 0) is 37.5 Å². The molecule has 1 aromatic carbocycles. The molecule has 2 aromatic rings. The summed E-state index contributed by atoms with van der Waals surface area (Å²) in [4.78, 5) is 4.35. The van der Waals surface area contributed by atoms with Crippen LogP contribution in [-0.2, 0) is 6.54 Å². The number of nitrogens with zero attached hydrogens (tertiary/aromatic N) is 1. The summed E-state index contributed by atoms with van der Waals surface area (Å²) in [6.07, 6.45) is 0. The lowest BCUT2D eigenvalue weighted by atomic mass is 10.0. The van der Waals surface area contributed by atoms with E-state index in [1.165, 1.54) is 5.56 Å². The van der Waals surface area contributed by atoms with Crippen molar-refractivity contribution >= 4 is 5.69 Å². The van der Waals surface area contributed by atoms with E-state index in [2.05, 4.69) is 48.4 Å². The molecule has 0 bridgehead atoms. The maximum Gasteiger partial charge on any atom is 0.213 e. The van der Waals surface area contributed by atoms with Crippen molar-refractivity contribution in [1.82, 2.24) is 4.98 Å². The Bertz CT molecular complexity index is 510. The highest BCUT2D eigenvalue weighted by atomic mass is 16.4. The Morgan fingerprint density at radius 3 is 2.67 bits per heavy atom. The Labute approximate surface area is 108 Å². The van der Waals surface area contributed by atoms with Crippen LogP contribution < -0.4 is 5.32 Å². The number of anilines is 1. The zero-order valence-corrected chi connectivity index (χ0v) is 11.4. The molecule has 0 unspecified atom stereocenters. The van der Waals surface area contributed by atoms with Crippen LogP contribution in [0, 0.1) is 13.8 Å². The number of aryl methyl sites for hydroxylation is 2. The van der Waals surface area contributed by atoms with Crippen LogP contribution >= 0.6 is 0 Å². The van der Waals surface area contributed by atoms with E-state index in [0.717, 1.165) is 23.0 Å². The van der Waals surface area contributed by atoms with Crippen LogP contribution in [0.2, 0.25) is 0 Å². The fourth-order valence-corrected chi connectivity index (χ4v) is 1.80. The smallest absolute Gasteiger partial charge is 0.213 e. The maximum atomic E-state index is 5.54. The number of rotatable bonds is 4. The van der Waals surface area contributed by atoms with Crippen molar-refractivity contribution in [2.45, 2.75) is 40.2 Å². The summed E-state index contributed by atoms with van der Waals surface area (Å²) in [5.41, 5.74) is 3.40. The van der Waals surface area contributed by atoms with Crippen LogP contribution in [0.4, 0.5) is 5.69 Å². The fraction of sp³-hybridized carbons (Fsp3) is 0.400. The van der Waals surface area contributed by atoms with Gasteiger partial charge in [0.25, 0.3) is 0 Å². The normalized spacial score (nSPS) is 10.9. The second-order valence-electron chi connectivity index (χ2n) is 4.88.